The van der Waals surface area contributed by atoms with Crippen molar-refractivity contribution < 1.29 is 9.90 Å². The van der Waals surface area contributed by atoms with Gasteiger partial charge in [-0.15, -0.1) is 0 Å². The van der Waals surface area contributed by atoms with Crippen LogP contribution in [0.5, 0.6) is 0 Å². The van der Waals surface area contributed by atoms with Crippen LogP contribution in [-0.2, 0) is 0 Å². The standard InChI is InChI=1S/C21H33NO2/c1-3-4-5-6-7-8-9-10-11-12-13-16-19-17-14-15-18-20(19)22(2)21(23)24/h13-18H,3-12H2,1-2H3,(H,23,24)/b16-13+. The number of carboxylic acid groups (broad SMARTS) is 1. The molecule has 1 amide bonds. The lowest BCUT2D eigenvalue weighted by atomic mass is 10.1. The number of benzene rings is 1. The van der Waals surface area contributed by atoms with E-state index in [9.17, 15) is 4.79 Å². The number of hydrogen-bond acceptors (Lipinski definition) is 1. The molecule has 1 aromatic carbocycles. The highest BCUT2D eigenvalue weighted by Gasteiger charge is 2.10. The summed E-state index contributed by atoms with van der Waals surface area (Å²) in [6.45, 7) is 2.26. The minimum Gasteiger partial charge on any atom is -0.465 e. The molecule has 0 aromatic heterocycles. The number of para-hydroxylation sites is 1. The zero-order chi connectivity index (χ0) is 17.6. The highest BCUT2D eigenvalue weighted by atomic mass is 16.4. The van der Waals surface area contributed by atoms with Crippen molar-refractivity contribution in [2.24, 2.45) is 0 Å². The van der Waals surface area contributed by atoms with Crippen LogP contribution in [0.1, 0.15) is 76.7 Å². The Bertz CT molecular complexity index is 496. The molecule has 0 bridgehead atoms. The van der Waals surface area contributed by atoms with Crippen molar-refractivity contribution >= 4 is 17.9 Å². The lowest BCUT2D eigenvalue weighted by molar-refractivity contribution is 0.203. The Balaban J connectivity index is 2.23. The van der Waals surface area contributed by atoms with Gasteiger partial charge in [0, 0.05) is 7.05 Å². The second kappa shape index (κ2) is 12.6. The number of hydrogen-bond donors (Lipinski definition) is 1. The number of rotatable bonds is 12. The van der Waals surface area contributed by atoms with Crippen LogP contribution in [0.4, 0.5) is 10.5 Å². The summed E-state index contributed by atoms with van der Waals surface area (Å²) in [6.07, 6.45) is 16.4. The monoisotopic (exact) mass is 331 g/mol. The third kappa shape index (κ3) is 8.19. The summed E-state index contributed by atoms with van der Waals surface area (Å²) in [7, 11) is 1.58. The number of anilines is 1. The van der Waals surface area contributed by atoms with Crippen LogP contribution in [-0.4, -0.2) is 18.2 Å². The third-order valence-corrected chi connectivity index (χ3v) is 4.36. The molecule has 1 N–H and O–H groups in total. The summed E-state index contributed by atoms with van der Waals surface area (Å²) in [5.74, 6) is 0. The van der Waals surface area contributed by atoms with Gasteiger partial charge in [0.25, 0.3) is 0 Å². The fourth-order valence-corrected chi connectivity index (χ4v) is 2.82. The SMILES string of the molecule is CCCCCCCCCCC/C=C/c1ccccc1N(C)C(=O)O. The molecule has 0 unspecified atom stereocenters. The molecule has 24 heavy (non-hydrogen) atoms. The Kier molecular flexibility index (Phi) is 10.7. The van der Waals surface area contributed by atoms with Gasteiger partial charge in [0.2, 0.25) is 0 Å². The van der Waals surface area contributed by atoms with Crippen LogP contribution < -0.4 is 4.90 Å². The second-order valence-electron chi connectivity index (χ2n) is 6.42. The molecule has 0 spiro atoms. The average Bonchev–Trinajstić information content (AvgIpc) is 2.59. The van der Waals surface area contributed by atoms with Gasteiger partial charge in [-0.25, -0.2) is 4.79 Å². The second-order valence-corrected chi connectivity index (χ2v) is 6.42. The van der Waals surface area contributed by atoms with E-state index in [0.717, 1.165) is 17.7 Å². The molecule has 3 nitrogen and oxygen atoms in total. The number of unbranched alkanes of at least 4 members (excludes halogenated alkanes) is 9. The maximum absolute atomic E-state index is 11.1. The highest BCUT2D eigenvalue weighted by molar-refractivity contribution is 5.88. The zero-order valence-corrected chi connectivity index (χ0v) is 15.3. The fourth-order valence-electron chi connectivity index (χ4n) is 2.82. The first-order valence-corrected chi connectivity index (χ1v) is 9.39. The van der Waals surface area contributed by atoms with Crippen molar-refractivity contribution in [2.75, 3.05) is 11.9 Å². The Labute approximate surface area is 147 Å². The van der Waals surface area contributed by atoms with Crippen LogP contribution in [0.25, 0.3) is 6.08 Å². The van der Waals surface area contributed by atoms with Crippen LogP contribution in [0.2, 0.25) is 0 Å². The molecule has 0 atom stereocenters. The van der Waals surface area contributed by atoms with E-state index in [1.165, 1.54) is 62.7 Å². The molecule has 0 saturated heterocycles. The normalized spacial score (nSPS) is 11.1. The van der Waals surface area contributed by atoms with Crippen molar-refractivity contribution in [3.63, 3.8) is 0 Å². The smallest absolute Gasteiger partial charge is 0.411 e. The van der Waals surface area contributed by atoms with Gasteiger partial charge in [-0.2, -0.15) is 0 Å². The molecule has 0 fully saturated rings. The van der Waals surface area contributed by atoms with Crippen molar-refractivity contribution in [1.29, 1.82) is 0 Å². The molecule has 0 aliphatic carbocycles. The Hall–Kier alpha value is -1.77. The predicted molar refractivity (Wildman–Crippen MR) is 104 cm³/mol. The summed E-state index contributed by atoms with van der Waals surface area (Å²) in [5.41, 5.74) is 1.69. The van der Waals surface area contributed by atoms with E-state index in [2.05, 4.69) is 13.0 Å². The van der Waals surface area contributed by atoms with E-state index in [4.69, 9.17) is 5.11 Å². The Morgan fingerprint density at radius 2 is 1.58 bits per heavy atom. The molecule has 134 valence electrons. The topological polar surface area (TPSA) is 40.5 Å². The van der Waals surface area contributed by atoms with Gasteiger partial charge >= 0.3 is 6.09 Å². The first kappa shape index (κ1) is 20.3. The maximum atomic E-state index is 11.1. The molecule has 3 heteroatoms. The van der Waals surface area contributed by atoms with Crippen molar-refractivity contribution in [1.82, 2.24) is 0 Å². The van der Waals surface area contributed by atoms with Gasteiger partial charge in [0.15, 0.2) is 0 Å². The number of amides is 1. The van der Waals surface area contributed by atoms with Crippen LogP contribution in [0, 0.1) is 0 Å². The van der Waals surface area contributed by atoms with Crippen molar-refractivity contribution in [3.8, 4) is 0 Å². The highest BCUT2D eigenvalue weighted by Crippen LogP contribution is 2.21. The first-order chi connectivity index (χ1) is 11.7. The largest absolute Gasteiger partial charge is 0.465 e. The van der Waals surface area contributed by atoms with Gasteiger partial charge in [-0.05, 0) is 24.5 Å². The predicted octanol–water partition coefficient (Wildman–Crippen LogP) is 6.73. The summed E-state index contributed by atoms with van der Waals surface area (Å²) in [4.78, 5) is 12.4. The molecule has 0 saturated carbocycles. The van der Waals surface area contributed by atoms with Gasteiger partial charge < -0.3 is 5.11 Å². The van der Waals surface area contributed by atoms with Gasteiger partial charge in [0.05, 0.1) is 5.69 Å². The minimum atomic E-state index is -0.935. The zero-order valence-electron chi connectivity index (χ0n) is 15.3. The molecule has 0 aliphatic heterocycles. The van der Waals surface area contributed by atoms with Gasteiger partial charge in [-0.1, -0.05) is 88.6 Å². The van der Waals surface area contributed by atoms with E-state index >= 15 is 0 Å². The van der Waals surface area contributed by atoms with Crippen LogP contribution in [0.3, 0.4) is 0 Å². The average molecular weight is 332 g/mol. The van der Waals surface area contributed by atoms with E-state index in [1.54, 1.807) is 7.05 Å². The summed E-state index contributed by atoms with van der Waals surface area (Å²) in [6, 6.07) is 7.61. The molecule has 1 aromatic rings. The van der Waals surface area contributed by atoms with Gasteiger partial charge in [-0.3, -0.25) is 4.90 Å². The molecule has 1 rings (SSSR count). The number of carbonyl (C=O) groups is 1. The molecule has 0 heterocycles. The fraction of sp³-hybridized carbons (Fsp3) is 0.571. The third-order valence-electron chi connectivity index (χ3n) is 4.36. The van der Waals surface area contributed by atoms with Crippen LogP contribution >= 0.6 is 0 Å². The lowest BCUT2D eigenvalue weighted by Crippen LogP contribution is -2.24. The molecular formula is C21H33NO2. The Morgan fingerprint density at radius 3 is 2.21 bits per heavy atom. The Morgan fingerprint density at radius 1 is 1.00 bits per heavy atom. The number of nitrogens with zero attached hydrogens (tertiary/aromatic N) is 1. The van der Waals surface area contributed by atoms with E-state index < -0.39 is 6.09 Å². The van der Waals surface area contributed by atoms with Crippen molar-refractivity contribution in [3.05, 3.63) is 35.9 Å². The molecule has 0 aliphatic rings. The quantitative estimate of drug-likeness (QED) is 0.431. The van der Waals surface area contributed by atoms with E-state index in [1.807, 2.05) is 30.3 Å². The van der Waals surface area contributed by atoms with E-state index in [0.29, 0.717) is 0 Å². The summed E-state index contributed by atoms with van der Waals surface area (Å²) in [5, 5.41) is 9.12. The van der Waals surface area contributed by atoms with E-state index in [-0.39, 0.29) is 0 Å². The minimum absolute atomic E-state index is 0.730. The molecule has 0 radical (unpaired) electrons. The summed E-state index contributed by atoms with van der Waals surface area (Å²) >= 11 is 0. The molecular weight excluding hydrogens is 298 g/mol. The summed E-state index contributed by atoms with van der Waals surface area (Å²) < 4.78 is 0. The lowest BCUT2D eigenvalue weighted by Gasteiger charge is -2.15. The van der Waals surface area contributed by atoms with Gasteiger partial charge in [0.1, 0.15) is 0 Å². The van der Waals surface area contributed by atoms with Crippen LogP contribution in [0.15, 0.2) is 30.3 Å². The van der Waals surface area contributed by atoms with Crippen molar-refractivity contribution in [2.45, 2.75) is 71.1 Å². The first-order valence-electron chi connectivity index (χ1n) is 9.39. The number of allylic oxidation sites excluding steroid dienone is 1. The maximum Gasteiger partial charge on any atom is 0.411 e.